The van der Waals surface area contributed by atoms with Crippen LogP contribution in [0.25, 0.3) is 0 Å². The SMILES string of the molecule is CC#CCC(Cc1ccsc1)NC. The Kier molecular flexibility index (Phi) is 4.59. The summed E-state index contributed by atoms with van der Waals surface area (Å²) in [5.74, 6) is 6.03. The molecule has 0 aliphatic rings. The van der Waals surface area contributed by atoms with Gasteiger partial charge < -0.3 is 5.32 Å². The maximum atomic E-state index is 3.28. The molecule has 0 spiro atoms. The zero-order valence-corrected chi connectivity index (χ0v) is 8.95. The molecule has 1 heterocycles. The van der Waals surface area contributed by atoms with E-state index in [1.807, 2.05) is 14.0 Å². The molecule has 1 nitrogen and oxygen atoms in total. The highest BCUT2D eigenvalue weighted by atomic mass is 32.1. The van der Waals surface area contributed by atoms with Crippen molar-refractivity contribution < 1.29 is 0 Å². The van der Waals surface area contributed by atoms with E-state index in [1.165, 1.54) is 5.56 Å². The van der Waals surface area contributed by atoms with Crippen molar-refractivity contribution >= 4 is 11.3 Å². The van der Waals surface area contributed by atoms with Crippen LogP contribution in [-0.2, 0) is 6.42 Å². The highest BCUT2D eigenvalue weighted by Gasteiger charge is 2.05. The Hall–Kier alpha value is -0.780. The monoisotopic (exact) mass is 193 g/mol. The number of nitrogens with one attached hydrogen (secondary N) is 1. The molecule has 1 aromatic heterocycles. The maximum absolute atomic E-state index is 3.28. The smallest absolute Gasteiger partial charge is 0.0246 e. The van der Waals surface area contributed by atoms with Gasteiger partial charge in [-0.1, -0.05) is 0 Å². The van der Waals surface area contributed by atoms with E-state index in [2.05, 4.69) is 34.0 Å². The molecule has 1 unspecified atom stereocenters. The van der Waals surface area contributed by atoms with Crippen molar-refractivity contribution in [1.82, 2.24) is 5.32 Å². The second-order valence-electron chi connectivity index (χ2n) is 2.95. The Morgan fingerprint density at radius 3 is 3.00 bits per heavy atom. The van der Waals surface area contributed by atoms with Crippen molar-refractivity contribution in [2.24, 2.45) is 0 Å². The first kappa shape index (κ1) is 10.3. The Balaban J connectivity index is 2.43. The summed E-state index contributed by atoms with van der Waals surface area (Å²) >= 11 is 1.75. The molecule has 70 valence electrons. The predicted molar refractivity (Wildman–Crippen MR) is 58.9 cm³/mol. The van der Waals surface area contributed by atoms with Crippen LogP contribution < -0.4 is 5.32 Å². The molecule has 0 radical (unpaired) electrons. The lowest BCUT2D eigenvalue weighted by Crippen LogP contribution is -2.26. The van der Waals surface area contributed by atoms with Crippen LogP contribution in [0.1, 0.15) is 18.9 Å². The minimum Gasteiger partial charge on any atom is -0.316 e. The molecule has 0 saturated carbocycles. The van der Waals surface area contributed by atoms with Crippen LogP contribution in [0.2, 0.25) is 0 Å². The minimum atomic E-state index is 0.488. The quantitative estimate of drug-likeness (QED) is 0.723. The van der Waals surface area contributed by atoms with E-state index < -0.39 is 0 Å². The van der Waals surface area contributed by atoms with Crippen LogP contribution in [0.4, 0.5) is 0 Å². The van der Waals surface area contributed by atoms with E-state index in [-0.39, 0.29) is 0 Å². The van der Waals surface area contributed by atoms with Crippen LogP contribution in [0, 0.1) is 11.8 Å². The van der Waals surface area contributed by atoms with Gasteiger partial charge in [-0.2, -0.15) is 11.3 Å². The van der Waals surface area contributed by atoms with Gasteiger partial charge >= 0.3 is 0 Å². The van der Waals surface area contributed by atoms with Crippen molar-refractivity contribution in [1.29, 1.82) is 0 Å². The van der Waals surface area contributed by atoms with Gasteiger partial charge in [0.2, 0.25) is 0 Å². The van der Waals surface area contributed by atoms with E-state index in [9.17, 15) is 0 Å². The van der Waals surface area contributed by atoms with Gasteiger partial charge in [0.15, 0.2) is 0 Å². The lowest BCUT2D eigenvalue weighted by Gasteiger charge is -2.11. The van der Waals surface area contributed by atoms with Gasteiger partial charge in [-0.3, -0.25) is 0 Å². The summed E-state index contributed by atoms with van der Waals surface area (Å²) in [6.07, 6.45) is 2.01. The fraction of sp³-hybridized carbons (Fsp3) is 0.455. The molecule has 1 rings (SSSR count). The fourth-order valence-corrected chi connectivity index (χ4v) is 1.88. The van der Waals surface area contributed by atoms with Crippen molar-refractivity contribution in [2.75, 3.05) is 7.05 Å². The first-order valence-corrected chi connectivity index (χ1v) is 5.39. The number of rotatable bonds is 4. The third-order valence-electron chi connectivity index (χ3n) is 2.00. The van der Waals surface area contributed by atoms with Crippen molar-refractivity contribution in [2.45, 2.75) is 25.8 Å². The predicted octanol–water partition coefficient (Wildman–Crippen LogP) is 2.29. The Morgan fingerprint density at radius 2 is 2.46 bits per heavy atom. The van der Waals surface area contributed by atoms with E-state index >= 15 is 0 Å². The molecule has 0 bridgehead atoms. The van der Waals surface area contributed by atoms with Gasteiger partial charge in [0.1, 0.15) is 0 Å². The molecule has 0 aliphatic carbocycles. The van der Waals surface area contributed by atoms with Crippen LogP contribution in [0.15, 0.2) is 16.8 Å². The molecule has 0 saturated heterocycles. The molecular formula is C11H15NS. The summed E-state index contributed by atoms with van der Waals surface area (Å²) in [5.41, 5.74) is 1.40. The third kappa shape index (κ3) is 3.63. The van der Waals surface area contributed by atoms with Gasteiger partial charge in [0, 0.05) is 12.5 Å². The van der Waals surface area contributed by atoms with Gasteiger partial charge in [-0.15, -0.1) is 11.8 Å². The average Bonchev–Trinajstić information content (AvgIpc) is 2.64. The second-order valence-corrected chi connectivity index (χ2v) is 3.73. The van der Waals surface area contributed by atoms with E-state index in [0.717, 1.165) is 12.8 Å². The first-order chi connectivity index (χ1) is 6.36. The van der Waals surface area contributed by atoms with Crippen LogP contribution in [-0.4, -0.2) is 13.1 Å². The number of hydrogen-bond donors (Lipinski definition) is 1. The molecule has 13 heavy (non-hydrogen) atoms. The summed E-state index contributed by atoms with van der Waals surface area (Å²) in [7, 11) is 1.99. The standard InChI is InChI=1S/C11H15NS/c1-3-4-5-11(12-2)8-10-6-7-13-9-10/h6-7,9,11-12H,5,8H2,1-2H3. The lowest BCUT2D eigenvalue weighted by atomic mass is 10.1. The third-order valence-corrected chi connectivity index (χ3v) is 2.73. The average molecular weight is 193 g/mol. The summed E-state index contributed by atoms with van der Waals surface area (Å²) < 4.78 is 0. The summed E-state index contributed by atoms with van der Waals surface area (Å²) in [6, 6.07) is 2.66. The topological polar surface area (TPSA) is 12.0 Å². The summed E-state index contributed by atoms with van der Waals surface area (Å²) in [6.45, 7) is 1.89. The fourth-order valence-electron chi connectivity index (χ4n) is 1.19. The second kappa shape index (κ2) is 5.80. The molecule has 0 fully saturated rings. The molecule has 1 atom stereocenters. The van der Waals surface area contributed by atoms with Crippen molar-refractivity contribution in [3.8, 4) is 11.8 Å². The summed E-state index contributed by atoms with van der Waals surface area (Å²) in [5, 5.41) is 7.59. The largest absolute Gasteiger partial charge is 0.316 e. The van der Waals surface area contributed by atoms with Crippen LogP contribution in [0.5, 0.6) is 0 Å². The zero-order valence-electron chi connectivity index (χ0n) is 8.13. The minimum absolute atomic E-state index is 0.488. The van der Waals surface area contributed by atoms with Gasteiger partial charge in [-0.25, -0.2) is 0 Å². The highest BCUT2D eigenvalue weighted by Crippen LogP contribution is 2.09. The Morgan fingerprint density at radius 1 is 1.62 bits per heavy atom. The molecule has 2 heteroatoms. The highest BCUT2D eigenvalue weighted by molar-refractivity contribution is 7.07. The number of hydrogen-bond acceptors (Lipinski definition) is 2. The molecular weight excluding hydrogens is 178 g/mol. The number of thiophene rings is 1. The molecule has 1 N–H and O–H groups in total. The Labute approximate surface area is 84.2 Å². The molecule has 0 amide bonds. The van der Waals surface area contributed by atoms with Crippen LogP contribution >= 0.6 is 11.3 Å². The molecule has 0 aliphatic heterocycles. The van der Waals surface area contributed by atoms with E-state index in [0.29, 0.717) is 6.04 Å². The normalized spacial score (nSPS) is 11.8. The van der Waals surface area contributed by atoms with Gasteiger partial charge in [0.25, 0.3) is 0 Å². The van der Waals surface area contributed by atoms with Crippen molar-refractivity contribution in [3.05, 3.63) is 22.4 Å². The molecule has 1 aromatic rings. The van der Waals surface area contributed by atoms with E-state index in [4.69, 9.17) is 0 Å². The summed E-state index contributed by atoms with van der Waals surface area (Å²) in [4.78, 5) is 0. The van der Waals surface area contributed by atoms with Crippen LogP contribution in [0.3, 0.4) is 0 Å². The maximum Gasteiger partial charge on any atom is 0.0246 e. The molecule has 0 aromatic carbocycles. The zero-order chi connectivity index (χ0) is 9.52. The Bertz CT molecular complexity index is 279. The first-order valence-electron chi connectivity index (χ1n) is 4.44. The van der Waals surface area contributed by atoms with Gasteiger partial charge in [0.05, 0.1) is 0 Å². The number of likely N-dealkylation sites (N-methyl/N-ethyl adjacent to an activating group) is 1. The van der Waals surface area contributed by atoms with Gasteiger partial charge in [-0.05, 0) is 42.8 Å². The van der Waals surface area contributed by atoms with E-state index in [1.54, 1.807) is 11.3 Å². The lowest BCUT2D eigenvalue weighted by molar-refractivity contribution is 0.573. The van der Waals surface area contributed by atoms with Crippen molar-refractivity contribution in [3.63, 3.8) is 0 Å².